The van der Waals surface area contributed by atoms with Crippen molar-refractivity contribution in [2.24, 2.45) is 0 Å². The van der Waals surface area contributed by atoms with E-state index in [9.17, 15) is 17.6 Å². The van der Waals surface area contributed by atoms with Gasteiger partial charge in [0.2, 0.25) is 6.79 Å². The molecule has 0 atom stereocenters. The van der Waals surface area contributed by atoms with E-state index in [-0.39, 0.29) is 19.1 Å². The van der Waals surface area contributed by atoms with Crippen molar-refractivity contribution >= 4 is 0 Å². The van der Waals surface area contributed by atoms with Crippen LogP contribution in [-0.2, 0) is 26.2 Å². The summed E-state index contributed by atoms with van der Waals surface area (Å²) >= 11 is 0. The Hall–Kier alpha value is -5.03. The first kappa shape index (κ1) is 33.9. The molecule has 256 valence electrons. The van der Waals surface area contributed by atoms with Gasteiger partial charge < -0.3 is 23.5 Å². The van der Waals surface area contributed by atoms with Crippen LogP contribution in [0.5, 0.6) is 23.0 Å². The molecule has 1 aromatic heterocycles. The van der Waals surface area contributed by atoms with E-state index in [1.165, 1.54) is 18.2 Å². The third kappa shape index (κ3) is 8.00. The highest BCUT2D eigenvalue weighted by atomic mass is 19.3. The first-order chi connectivity index (χ1) is 23.7. The van der Waals surface area contributed by atoms with Crippen LogP contribution >= 0.6 is 0 Å². The number of rotatable bonds is 15. The van der Waals surface area contributed by atoms with Crippen molar-refractivity contribution in [2.45, 2.75) is 58.5 Å². The lowest BCUT2D eigenvalue weighted by atomic mass is 10.1. The van der Waals surface area contributed by atoms with E-state index in [0.717, 1.165) is 59.0 Å². The van der Waals surface area contributed by atoms with Crippen LogP contribution in [0.25, 0.3) is 22.6 Å². The van der Waals surface area contributed by atoms with Gasteiger partial charge >= 0.3 is 12.5 Å². The third-order valence-corrected chi connectivity index (χ3v) is 8.23. The van der Waals surface area contributed by atoms with Gasteiger partial charge in [-0.3, -0.25) is 4.90 Å². The normalized spacial score (nSPS) is 12.6. The average molecular weight is 676 g/mol. The van der Waals surface area contributed by atoms with E-state index >= 15 is 0 Å². The quantitative estimate of drug-likeness (QED) is 0.103. The first-order valence-corrected chi connectivity index (χ1v) is 16.1. The van der Waals surface area contributed by atoms with Gasteiger partial charge in [0.25, 0.3) is 0 Å². The van der Waals surface area contributed by atoms with Crippen molar-refractivity contribution in [3.63, 3.8) is 0 Å². The zero-order valence-corrected chi connectivity index (χ0v) is 27.3. The largest absolute Gasteiger partial charge is 0.497 e. The fourth-order valence-electron chi connectivity index (χ4n) is 5.84. The van der Waals surface area contributed by atoms with E-state index < -0.39 is 12.5 Å². The highest BCUT2D eigenvalue weighted by Crippen LogP contribution is 2.36. The van der Waals surface area contributed by atoms with Crippen molar-refractivity contribution in [3.8, 4) is 45.6 Å². The van der Waals surface area contributed by atoms with E-state index in [4.69, 9.17) is 19.2 Å². The molecule has 0 bridgehead atoms. The molecule has 0 aliphatic carbocycles. The number of alkyl halides is 4. The van der Waals surface area contributed by atoms with Gasteiger partial charge in [0, 0.05) is 37.3 Å². The van der Waals surface area contributed by atoms with Crippen molar-refractivity contribution in [1.82, 2.24) is 14.5 Å². The van der Waals surface area contributed by atoms with Crippen LogP contribution in [0.3, 0.4) is 0 Å². The summed E-state index contributed by atoms with van der Waals surface area (Å²) in [6.45, 7) is 4.15. The lowest BCUT2D eigenvalue weighted by Gasteiger charge is -2.25. The molecule has 11 heteroatoms. The van der Waals surface area contributed by atoms with Crippen molar-refractivity contribution < 1.29 is 36.5 Å². The maximum Gasteiger partial charge on any atom is 0.461 e. The molecular formula is C38H37F4N3O4. The Kier molecular flexibility index (Phi) is 10.4. The molecule has 0 amide bonds. The van der Waals surface area contributed by atoms with E-state index in [2.05, 4.69) is 21.1 Å². The lowest BCUT2D eigenvalue weighted by molar-refractivity contribution is -0.253. The summed E-state index contributed by atoms with van der Waals surface area (Å²) in [5, 5.41) is 0. The lowest BCUT2D eigenvalue weighted by Crippen LogP contribution is -2.33. The Balaban J connectivity index is 1.43. The number of methoxy groups -OCH3 is 1. The molecule has 5 aromatic rings. The summed E-state index contributed by atoms with van der Waals surface area (Å²) in [5.41, 5.74) is 5.21. The van der Waals surface area contributed by atoms with Gasteiger partial charge in [-0.05, 0) is 66.1 Å². The predicted octanol–water partition coefficient (Wildman–Crippen LogP) is 9.19. The fraction of sp³-hybridized carbons (Fsp3) is 0.289. The van der Waals surface area contributed by atoms with Gasteiger partial charge in [0.05, 0.1) is 18.5 Å². The minimum atomic E-state index is -4.61. The highest BCUT2D eigenvalue weighted by molar-refractivity contribution is 5.69. The number of imidazole rings is 1. The molecule has 0 saturated carbocycles. The van der Waals surface area contributed by atoms with E-state index in [1.54, 1.807) is 13.2 Å². The molecule has 49 heavy (non-hydrogen) atoms. The monoisotopic (exact) mass is 675 g/mol. The average Bonchev–Trinajstić information content (AvgIpc) is 3.72. The number of aromatic nitrogens is 2. The zero-order chi connectivity index (χ0) is 34.4. The van der Waals surface area contributed by atoms with Gasteiger partial charge in [-0.1, -0.05) is 61.9 Å². The molecule has 0 N–H and O–H groups in total. The second kappa shape index (κ2) is 15.0. The Morgan fingerprint density at radius 2 is 1.55 bits per heavy atom. The Bertz CT molecular complexity index is 1850. The summed E-state index contributed by atoms with van der Waals surface area (Å²) in [6.07, 6.45) is -6.68. The highest BCUT2D eigenvalue weighted by Gasteiger charge is 2.44. The van der Waals surface area contributed by atoms with E-state index in [1.807, 2.05) is 72.8 Å². The maximum absolute atomic E-state index is 13.8. The molecule has 6 rings (SSSR count). The molecule has 1 aliphatic heterocycles. The van der Waals surface area contributed by atoms with Crippen LogP contribution in [0, 0.1) is 0 Å². The van der Waals surface area contributed by atoms with Crippen LogP contribution in [-0.4, -0.2) is 40.9 Å². The Morgan fingerprint density at radius 1 is 0.816 bits per heavy atom. The Labute approximate surface area is 282 Å². The minimum absolute atomic E-state index is 0.142. The van der Waals surface area contributed by atoms with Gasteiger partial charge in [0.15, 0.2) is 11.5 Å². The summed E-state index contributed by atoms with van der Waals surface area (Å²) < 4.78 is 76.8. The number of hydrogen-bond acceptors (Lipinski definition) is 6. The van der Waals surface area contributed by atoms with Crippen LogP contribution in [0.15, 0.2) is 97.1 Å². The molecule has 2 heterocycles. The Morgan fingerprint density at radius 3 is 2.27 bits per heavy atom. The first-order valence-electron chi connectivity index (χ1n) is 16.1. The smallest absolute Gasteiger partial charge is 0.461 e. The summed E-state index contributed by atoms with van der Waals surface area (Å²) in [5.74, 6) is 2.52. The number of ether oxygens (including phenoxy) is 4. The van der Waals surface area contributed by atoms with Crippen molar-refractivity contribution in [3.05, 3.63) is 114 Å². The van der Waals surface area contributed by atoms with Gasteiger partial charge in [-0.25, -0.2) is 4.98 Å². The molecule has 1 aliphatic rings. The van der Waals surface area contributed by atoms with Crippen LogP contribution in [0.4, 0.5) is 17.6 Å². The van der Waals surface area contributed by atoms with Gasteiger partial charge in [-0.2, -0.15) is 17.6 Å². The van der Waals surface area contributed by atoms with E-state index in [0.29, 0.717) is 30.2 Å². The van der Waals surface area contributed by atoms with Crippen LogP contribution < -0.4 is 18.9 Å². The molecule has 0 radical (unpaired) electrons. The molecular weight excluding hydrogens is 638 g/mol. The number of unbranched alkanes of at least 4 members (excludes halogenated alkanes) is 1. The topological polar surface area (TPSA) is 58.0 Å². The summed E-state index contributed by atoms with van der Waals surface area (Å²) in [7, 11) is 1.62. The summed E-state index contributed by atoms with van der Waals surface area (Å²) in [4.78, 5) is 7.38. The number of benzene rings is 4. The SMILES string of the molecule is CCCCn1c(-c2ccccc2)nc(-c2ccc(OC)cc2)c1CN(Cc1cccc(OC(F)(F)C(F)F)c1)Cc1ccc2c(c1)OCO2. The fourth-order valence-corrected chi connectivity index (χ4v) is 5.84. The second-order valence-electron chi connectivity index (χ2n) is 11.8. The third-order valence-electron chi connectivity index (χ3n) is 8.23. The molecule has 4 aromatic carbocycles. The molecule has 0 fully saturated rings. The number of hydrogen-bond donors (Lipinski definition) is 0. The predicted molar refractivity (Wildman–Crippen MR) is 178 cm³/mol. The minimum Gasteiger partial charge on any atom is -0.497 e. The zero-order valence-electron chi connectivity index (χ0n) is 27.3. The van der Waals surface area contributed by atoms with Crippen LogP contribution in [0.2, 0.25) is 0 Å². The van der Waals surface area contributed by atoms with Crippen LogP contribution in [0.1, 0.15) is 36.6 Å². The molecule has 0 saturated heterocycles. The maximum atomic E-state index is 13.8. The second-order valence-corrected chi connectivity index (χ2v) is 11.8. The molecule has 0 spiro atoms. The van der Waals surface area contributed by atoms with Gasteiger partial charge in [0.1, 0.15) is 17.3 Å². The molecule has 7 nitrogen and oxygen atoms in total. The number of nitrogens with zero attached hydrogens (tertiary/aromatic N) is 3. The number of fused-ring (bicyclic) bond motifs is 1. The van der Waals surface area contributed by atoms with Crippen molar-refractivity contribution in [1.29, 1.82) is 0 Å². The van der Waals surface area contributed by atoms with Crippen molar-refractivity contribution in [2.75, 3.05) is 13.9 Å². The van der Waals surface area contributed by atoms with Gasteiger partial charge in [-0.15, -0.1) is 0 Å². The standard InChI is InChI=1S/C38H37F4N3O4/c1-3-4-19-45-32(35(28-14-16-30(46-2)17-15-28)43-36(45)29-10-6-5-7-11-29)24-44(23-27-13-18-33-34(21-27)48-25-47-33)22-26-9-8-12-31(20-26)49-38(41,42)37(39)40/h5-18,20-21,37H,3-4,19,22-25H2,1-2H3. The number of halogens is 4. The molecule has 0 unspecified atom stereocenters. The summed E-state index contributed by atoms with van der Waals surface area (Å²) in [6, 6.07) is 29.4.